The van der Waals surface area contributed by atoms with Gasteiger partial charge in [0.25, 0.3) is 0 Å². The van der Waals surface area contributed by atoms with Crippen molar-refractivity contribution in [3.63, 3.8) is 0 Å². The van der Waals surface area contributed by atoms with Gasteiger partial charge in [-0.3, -0.25) is 4.90 Å². The third-order valence-electron chi connectivity index (χ3n) is 4.46. The third kappa shape index (κ3) is 3.24. The van der Waals surface area contributed by atoms with E-state index in [1.165, 1.54) is 17.2 Å². The Morgan fingerprint density at radius 1 is 1.12 bits per heavy atom. The van der Waals surface area contributed by atoms with Crippen molar-refractivity contribution in [1.29, 1.82) is 0 Å². The van der Waals surface area contributed by atoms with Crippen LogP contribution in [0, 0.1) is 6.92 Å². The molecule has 26 heavy (non-hydrogen) atoms. The van der Waals surface area contributed by atoms with E-state index in [-0.39, 0.29) is 5.52 Å². The average molecular weight is 358 g/mol. The summed E-state index contributed by atoms with van der Waals surface area (Å²) < 4.78 is 44.7. The SMILES string of the molecule is Cc1cccc(CN2COc3c(ccc4ccc(C(F)(F)F)nc34)C2)c1. The van der Waals surface area contributed by atoms with Crippen LogP contribution in [0.15, 0.2) is 48.5 Å². The molecule has 134 valence electrons. The summed E-state index contributed by atoms with van der Waals surface area (Å²) in [7, 11) is 0. The Labute approximate surface area is 149 Å². The molecule has 0 atom stereocenters. The number of fused-ring (bicyclic) bond motifs is 3. The zero-order valence-corrected chi connectivity index (χ0v) is 14.2. The number of pyridine rings is 1. The molecule has 0 saturated heterocycles. The molecule has 2 heterocycles. The van der Waals surface area contributed by atoms with Gasteiger partial charge in [0.05, 0.1) is 0 Å². The summed E-state index contributed by atoms with van der Waals surface area (Å²) in [4.78, 5) is 5.92. The van der Waals surface area contributed by atoms with Crippen molar-refractivity contribution >= 4 is 10.9 Å². The third-order valence-corrected chi connectivity index (χ3v) is 4.46. The van der Waals surface area contributed by atoms with Crippen LogP contribution in [-0.4, -0.2) is 16.6 Å². The van der Waals surface area contributed by atoms with E-state index in [4.69, 9.17) is 4.74 Å². The molecule has 0 saturated carbocycles. The Morgan fingerprint density at radius 2 is 1.92 bits per heavy atom. The monoisotopic (exact) mass is 358 g/mol. The number of benzene rings is 2. The van der Waals surface area contributed by atoms with E-state index in [0.717, 1.165) is 18.2 Å². The Balaban J connectivity index is 1.64. The Hall–Kier alpha value is -2.60. The molecule has 0 aliphatic carbocycles. The van der Waals surface area contributed by atoms with Crippen LogP contribution in [0.3, 0.4) is 0 Å². The van der Waals surface area contributed by atoms with Crippen LogP contribution in [0.25, 0.3) is 10.9 Å². The lowest BCUT2D eigenvalue weighted by Gasteiger charge is -2.29. The molecule has 2 aromatic carbocycles. The van der Waals surface area contributed by atoms with Crippen molar-refractivity contribution in [3.8, 4) is 5.75 Å². The topological polar surface area (TPSA) is 25.4 Å². The van der Waals surface area contributed by atoms with Crippen LogP contribution in [0.1, 0.15) is 22.4 Å². The number of alkyl halides is 3. The van der Waals surface area contributed by atoms with Crippen LogP contribution in [-0.2, 0) is 19.3 Å². The minimum Gasteiger partial charge on any atom is -0.475 e. The van der Waals surface area contributed by atoms with Gasteiger partial charge < -0.3 is 4.74 Å². The number of aromatic nitrogens is 1. The Bertz CT molecular complexity index is 969. The number of aryl methyl sites for hydroxylation is 1. The predicted molar refractivity (Wildman–Crippen MR) is 92.7 cm³/mol. The minimum atomic E-state index is -4.47. The van der Waals surface area contributed by atoms with Gasteiger partial charge in [0.2, 0.25) is 0 Å². The van der Waals surface area contributed by atoms with Gasteiger partial charge in [-0.1, -0.05) is 48.0 Å². The van der Waals surface area contributed by atoms with Crippen molar-refractivity contribution in [2.45, 2.75) is 26.2 Å². The highest BCUT2D eigenvalue weighted by Crippen LogP contribution is 2.35. The molecule has 0 unspecified atom stereocenters. The highest BCUT2D eigenvalue weighted by atomic mass is 19.4. The number of rotatable bonds is 2. The maximum atomic E-state index is 13.0. The van der Waals surface area contributed by atoms with Crippen molar-refractivity contribution in [1.82, 2.24) is 9.88 Å². The molecule has 1 aliphatic rings. The molecule has 3 aromatic rings. The average Bonchev–Trinajstić information content (AvgIpc) is 2.60. The fraction of sp³-hybridized carbons (Fsp3) is 0.250. The van der Waals surface area contributed by atoms with Crippen molar-refractivity contribution < 1.29 is 17.9 Å². The molecule has 0 radical (unpaired) electrons. The van der Waals surface area contributed by atoms with E-state index >= 15 is 0 Å². The first-order chi connectivity index (χ1) is 12.4. The normalized spacial score (nSPS) is 14.9. The first kappa shape index (κ1) is 16.8. The minimum absolute atomic E-state index is 0.271. The van der Waals surface area contributed by atoms with Crippen molar-refractivity contribution in [3.05, 3.63) is 70.9 Å². The first-order valence-corrected chi connectivity index (χ1v) is 8.31. The van der Waals surface area contributed by atoms with E-state index in [2.05, 4.69) is 22.0 Å². The largest absolute Gasteiger partial charge is 0.475 e. The van der Waals surface area contributed by atoms with Gasteiger partial charge in [-0.25, -0.2) is 4.98 Å². The molecule has 0 N–H and O–H groups in total. The highest BCUT2D eigenvalue weighted by Gasteiger charge is 2.33. The lowest BCUT2D eigenvalue weighted by Crippen LogP contribution is -2.31. The molecule has 0 spiro atoms. The standard InChI is InChI=1S/C20H17F3N2O/c1-13-3-2-4-14(9-13)10-25-11-16-6-5-15-7-8-17(20(21,22)23)24-18(15)19(16)26-12-25/h2-9H,10-12H2,1H3. The molecule has 0 amide bonds. The zero-order chi connectivity index (χ0) is 18.3. The molecule has 1 aromatic heterocycles. The number of halogens is 3. The van der Waals surface area contributed by atoms with Gasteiger partial charge in [-0.05, 0) is 18.6 Å². The zero-order valence-electron chi connectivity index (χ0n) is 14.2. The van der Waals surface area contributed by atoms with Gasteiger partial charge in [0, 0.05) is 24.0 Å². The summed E-state index contributed by atoms with van der Waals surface area (Å²) in [6.45, 7) is 3.69. The van der Waals surface area contributed by atoms with Gasteiger partial charge in [0.15, 0.2) is 5.75 Å². The molecule has 0 bridgehead atoms. The van der Waals surface area contributed by atoms with E-state index in [1.807, 2.05) is 25.1 Å². The van der Waals surface area contributed by atoms with Crippen LogP contribution < -0.4 is 4.74 Å². The summed E-state index contributed by atoms with van der Waals surface area (Å²) in [5.41, 5.74) is 2.59. The predicted octanol–water partition coefficient (Wildman–Crippen LogP) is 4.91. The number of hydrogen-bond donors (Lipinski definition) is 0. The second-order valence-electron chi connectivity index (χ2n) is 6.57. The second-order valence-corrected chi connectivity index (χ2v) is 6.57. The van der Waals surface area contributed by atoms with Crippen molar-refractivity contribution in [2.75, 3.05) is 6.73 Å². The molecule has 0 fully saturated rings. The van der Waals surface area contributed by atoms with Gasteiger partial charge in [0.1, 0.15) is 17.9 Å². The molecule has 1 aliphatic heterocycles. The van der Waals surface area contributed by atoms with E-state index in [9.17, 15) is 13.2 Å². The van der Waals surface area contributed by atoms with E-state index in [0.29, 0.717) is 24.4 Å². The maximum absolute atomic E-state index is 13.0. The van der Waals surface area contributed by atoms with Crippen LogP contribution in [0.2, 0.25) is 0 Å². The van der Waals surface area contributed by atoms with Gasteiger partial charge in [-0.2, -0.15) is 13.2 Å². The van der Waals surface area contributed by atoms with Crippen LogP contribution in [0.4, 0.5) is 13.2 Å². The smallest absolute Gasteiger partial charge is 0.433 e. The fourth-order valence-corrected chi connectivity index (χ4v) is 3.26. The number of nitrogens with zero attached hydrogens (tertiary/aromatic N) is 2. The summed E-state index contributed by atoms with van der Waals surface area (Å²) >= 11 is 0. The number of hydrogen-bond acceptors (Lipinski definition) is 3. The van der Waals surface area contributed by atoms with Crippen molar-refractivity contribution in [2.24, 2.45) is 0 Å². The summed E-state index contributed by atoms with van der Waals surface area (Å²) in [6.07, 6.45) is -4.47. The lowest BCUT2D eigenvalue weighted by molar-refractivity contribution is -0.140. The quantitative estimate of drug-likeness (QED) is 0.651. The summed E-state index contributed by atoms with van der Waals surface area (Å²) in [5.74, 6) is 0.453. The van der Waals surface area contributed by atoms with Gasteiger partial charge in [-0.15, -0.1) is 0 Å². The van der Waals surface area contributed by atoms with Crippen LogP contribution >= 0.6 is 0 Å². The Kier molecular flexibility index (Phi) is 4.07. The maximum Gasteiger partial charge on any atom is 0.433 e. The number of ether oxygens (including phenoxy) is 1. The molecule has 6 heteroatoms. The second kappa shape index (κ2) is 6.29. The van der Waals surface area contributed by atoms with Gasteiger partial charge >= 0.3 is 6.18 Å². The Morgan fingerprint density at radius 3 is 2.69 bits per heavy atom. The van der Waals surface area contributed by atoms with E-state index < -0.39 is 11.9 Å². The highest BCUT2D eigenvalue weighted by molar-refractivity contribution is 5.86. The first-order valence-electron chi connectivity index (χ1n) is 8.31. The fourth-order valence-electron chi connectivity index (χ4n) is 3.26. The lowest BCUT2D eigenvalue weighted by atomic mass is 10.1. The van der Waals surface area contributed by atoms with Crippen LogP contribution in [0.5, 0.6) is 5.75 Å². The molecule has 4 rings (SSSR count). The summed E-state index contributed by atoms with van der Waals surface area (Å²) in [6, 6.07) is 14.4. The summed E-state index contributed by atoms with van der Waals surface area (Å²) in [5, 5.41) is 0.642. The molecular weight excluding hydrogens is 341 g/mol. The molecular formula is C20H17F3N2O. The van der Waals surface area contributed by atoms with E-state index in [1.54, 1.807) is 6.07 Å². The molecule has 3 nitrogen and oxygen atoms in total.